The van der Waals surface area contributed by atoms with Crippen molar-refractivity contribution >= 4 is 27.5 Å². The van der Waals surface area contributed by atoms with Gasteiger partial charge in [0.15, 0.2) is 5.76 Å². The van der Waals surface area contributed by atoms with E-state index in [1.165, 1.54) is 5.56 Å². The molecule has 0 atom stereocenters. The molecule has 8 heteroatoms. The SMILES string of the molecule is Cc1cccc(Cn2cc(NC(=O)c3ccc(Cn4nc(C)c(Br)c4C)o3)cn2)c1. The second kappa shape index (κ2) is 8.31. The van der Waals surface area contributed by atoms with Crippen LogP contribution in [0.4, 0.5) is 5.69 Å². The van der Waals surface area contributed by atoms with Crippen molar-refractivity contribution in [3.8, 4) is 0 Å². The number of nitrogens with zero attached hydrogens (tertiary/aromatic N) is 4. The number of amides is 1. The Kier molecular flexibility index (Phi) is 5.59. The first kappa shape index (κ1) is 20.2. The van der Waals surface area contributed by atoms with Crippen molar-refractivity contribution in [1.29, 1.82) is 0 Å². The van der Waals surface area contributed by atoms with E-state index < -0.39 is 0 Å². The zero-order valence-electron chi connectivity index (χ0n) is 17.0. The molecular formula is C22H22BrN5O2. The molecule has 0 fully saturated rings. The van der Waals surface area contributed by atoms with Gasteiger partial charge in [-0.15, -0.1) is 0 Å². The van der Waals surface area contributed by atoms with Gasteiger partial charge >= 0.3 is 0 Å². The topological polar surface area (TPSA) is 77.9 Å². The Bertz CT molecular complexity index is 1200. The van der Waals surface area contributed by atoms with Gasteiger partial charge in [-0.3, -0.25) is 14.2 Å². The Morgan fingerprint density at radius 3 is 2.73 bits per heavy atom. The number of carbonyl (C=O) groups is 1. The molecule has 3 heterocycles. The van der Waals surface area contributed by atoms with Gasteiger partial charge in [-0.1, -0.05) is 29.8 Å². The van der Waals surface area contributed by atoms with E-state index in [1.807, 2.05) is 24.6 Å². The van der Waals surface area contributed by atoms with Gasteiger partial charge in [0.05, 0.1) is 40.8 Å². The van der Waals surface area contributed by atoms with Crippen molar-refractivity contribution in [1.82, 2.24) is 19.6 Å². The van der Waals surface area contributed by atoms with E-state index in [1.54, 1.807) is 29.2 Å². The van der Waals surface area contributed by atoms with Gasteiger partial charge in [-0.25, -0.2) is 0 Å². The minimum atomic E-state index is -0.314. The summed E-state index contributed by atoms with van der Waals surface area (Å²) in [6.45, 7) is 7.08. The van der Waals surface area contributed by atoms with Crippen molar-refractivity contribution in [2.24, 2.45) is 0 Å². The number of nitrogens with one attached hydrogen (secondary N) is 1. The quantitative estimate of drug-likeness (QED) is 0.445. The molecule has 0 saturated heterocycles. The minimum Gasteiger partial charge on any atom is -0.454 e. The van der Waals surface area contributed by atoms with Crippen LogP contribution in [0.25, 0.3) is 0 Å². The molecule has 30 heavy (non-hydrogen) atoms. The Morgan fingerprint density at radius 1 is 1.17 bits per heavy atom. The summed E-state index contributed by atoms with van der Waals surface area (Å²) < 4.78 is 10.3. The Hall–Kier alpha value is -3.13. The average Bonchev–Trinajstić information content (AvgIpc) is 3.40. The molecule has 154 valence electrons. The van der Waals surface area contributed by atoms with Crippen molar-refractivity contribution in [2.75, 3.05) is 5.32 Å². The van der Waals surface area contributed by atoms with Crippen LogP contribution < -0.4 is 5.32 Å². The first-order valence-corrected chi connectivity index (χ1v) is 10.4. The van der Waals surface area contributed by atoms with Gasteiger partial charge in [0.25, 0.3) is 5.91 Å². The molecule has 4 rings (SSSR count). The predicted molar refractivity (Wildman–Crippen MR) is 118 cm³/mol. The fourth-order valence-corrected chi connectivity index (χ4v) is 3.55. The summed E-state index contributed by atoms with van der Waals surface area (Å²) >= 11 is 3.52. The number of furan rings is 1. The molecule has 0 saturated carbocycles. The van der Waals surface area contributed by atoms with Crippen LogP contribution in [-0.4, -0.2) is 25.5 Å². The fraction of sp³-hybridized carbons (Fsp3) is 0.227. The zero-order chi connectivity index (χ0) is 21.3. The van der Waals surface area contributed by atoms with E-state index in [2.05, 4.69) is 56.6 Å². The lowest BCUT2D eigenvalue weighted by atomic mass is 10.1. The molecule has 0 radical (unpaired) electrons. The standard InChI is InChI=1S/C22H22BrN5O2/c1-14-5-4-6-17(9-14)11-27-12-18(10-24-27)25-22(29)20-8-7-19(30-20)13-28-16(3)21(23)15(2)26-28/h4-10,12H,11,13H2,1-3H3,(H,25,29). The van der Waals surface area contributed by atoms with Gasteiger partial charge < -0.3 is 9.73 Å². The third-order valence-corrected chi connectivity index (χ3v) is 5.95. The molecule has 1 aromatic carbocycles. The number of anilines is 1. The number of aromatic nitrogens is 4. The lowest BCUT2D eigenvalue weighted by Gasteiger charge is -2.03. The normalized spacial score (nSPS) is 11.1. The van der Waals surface area contributed by atoms with Gasteiger partial charge in [0.2, 0.25) is 0 Å². The molecule has 0 unspecified atom stereocenters. The summed E-state index contributed by atoms with van der Waals surface area (Å²) in [6, 6.07) is 11.7. The van der Waals surface area contributed by atoms with Gasteiger partial charge in [-0.05, 0) is 54.4 Å². The van der Waals surface area contributed by atoms with E-state index in [9.17, 15) is 4.79 Å². The average molecular weight is 468 g/mol. The number of rotatable bonds is 6. The maximum absolute atomic E-state index is 12.5. The predicted octanol–water partition coefficient (Wildman–Crippen LogP) is 4.71. The fourth-order valence-electron chi connectivity index (χ4n) is 3.27. The Labute approximate surface area is 182 Å². The number of carbonyl (C=O) groups excluding carboxylic acids is 1. The van der Waals surface area contributed by atoms with Gasteiger partial charge in [0, 0.05) is 6.20 Å². The van der Waals surface area contributed by atoms with Crippen LogP contribution >= 0.6 is 15.9 Å². The molecule has 0 bridgehead atoms. The van der Waals surface area contributed by atoms with Crippen LogP contribution in [0, 0.1) is 20.8 Å². The number of hydrogen-bond acceptors (Lipinski definition) is 4. The lowest BCUT2D eigenvalue weighted by Crippen LogP contribution is -2.10. The third-order valence-electron chi connectivity index (χ3n) is 4.80. The molecule has 1 amide bonds. The van der Waals surface area contributed by atoms with E-state index in [0.717, 1.165) is 21.4 Å². The summed E-state index contributed by atoms with van der Waals surface area (Å²) in [6.07, 6.45) is 3.43. The largest absolute Gasteiger partial charge is 0.454 e. The van der Waals surface area contributed by atoms with Crippen LogP contribution in [-0.2, 0) is 13.1 Å². The van der Waals surface area contributed by atoms with E-state index >= 15 is 0 Å². The molecule has 0 spiro atoms. The summed E-state index contributed by atoms with van der Waals surface area (Å²) in [7, 11) is 0. The van der Waals surface area contributed by atoms with Crippen molar-refractivity contribution in [3.05, 3.63) is 87.3 Å². The molecule has 7 nitrogen and oxygen atoms in total. The van der Waals surface area contributed by atoms with E-state index in [-0.39, 0.29) is 11.7 Å². The van der Waals surface area contributed by atoms with Crippen LogP contribution in [0.2, 0.25) is 0 Å². The first-order valence-electron chi connectivity index (χ1n) is 9.56. The number of aryl methyl sites for hydroxylation is 2. The van der Waals surface area contributed by atoms with Gasteiger partial charge in [0.1, 0.15) is 5.76 Å². The monoisotopic (exact) mass is 467 g/mol. The minimum absolute atomic E-state index is 0.247. The highest BCUT2D eigenvalue weighted by Gasteiger charge is 2.15. The van der Waals surface area contributed by atoms with Crippen molar-refractivity contribution in [3.63, 3.8) is 0 Å². The van der Waals surface area contributed by atoms with Crippen molar-refractivity contribution < 1.29 is 9.21 Å². The zero-order valence-corrected chi connectivity index (χ0v) is 18.6. The molecule has 4 aromatic rings. The number of benzene rings is 1. The van der Waals surface area contributed by atoms with Crippen LogP contribution in [0.3, 0.4) is 0 Å². The number of hydrogen-bond donors (Lipinski definition) is 1. The summed E-state index contributed by atoms with van der Waals surface area (Å²) in [4.78, 5) is 12.5. The maximum atomic E-state index is 12.5. The van der Waals surface area contributed by atoms with E-state index in [4.69, 9.17) is 4.42 Å². The second-order valence-corrected chi connectivity index (χ2v) is 8.07. The Morgan fingerprint density at radius 2 is 2.00 bits per heavy atom. The summed E-state index contributed by atoms with van der Waals surface area (Å²) in [5.41, 5.74) is 4.90. The molecule has 0 aliphatic carbocycles. The Balaban J connectivity index is 1.40. The summed E-state index contributed by atoms with van der Waals surface area (Å²) in [5.74, 6) is 0.594. The third kappa shape index (κ3) is 4.38. The van der Waals surface area contributed by atoms with Crippen molar-refractivity contribution in [2.45, 2.75) is 33.9 Å². The summed E-state index contributed by atoms with van der Waals surface area (Å²) in [5, 5.41) is 11.6. The first-order chi connectivity index (χ1) is 14.4. The van der Waals surface area contributed by atoms with Crippen LogP contribution in [0.1, 0.15) is 38.8 Å². The highest BCUT2D eigenvalue weighted by atomic mass is 79.9. The van der Waals surface area contributed by atoms with Crippen LogP contribution in [0.5, 0.6) is 0 Å². The second-order valence-electron chi connectivity index (χ2n) is 7.28. The maximum Gasteiger partial charge on any atom is 0.291 e. The highest BCUT2D eigenvalue weighted by molar-refractivity contribution is 9.10. The molecule has 1 N–H and O–H groups in total. The number of halogens is 1. The van der Waals surface area contributed by atoms with Gasteiger partial charge in [-0.2, -0.15) is 10.2 Å². The molecule has 0 aliphatic heterocycles. The molecule has 3 aromatic heterocycles. The van der Waals surface area contributed by atoms with E-state index in [0.29, 0.717) is 24.5 Å². The molecule has 0 aliphatic rings. The smallest absolute Gasteiger partial charge is 0.291 e. The molecular weight excluding hydrogens is 446 g/mol. The highest BCUT2D eigenvalue weighted by Crippen LogP contribution is 2.21. The lowest BCUT2D eigenvalue weighted by molar-refractivity contribution is 0.0994. The van der Waals surface area contributed by atoms with Crippen LogP contribution in [0.15, 0.2) is 57.7 Å².